The van der Waals surface area contributed by atoms with E-state index >= 15 is 0 Å². The fraction of sp³-hybridized carbons (Fsp3) is 0.250. The minimum Gasteiger partial charge on any atom is -0.441 e. The Morgan fingerprint density at radius 3 is 2.94 bits per heavy atom. The Hall–Kier alpha value is -0.510. The number of nitrogens with zero attached hydrogens (tertiary/aromatic N) is 1. The molecule has 0 unspecified atom stereocenters. The summed E-state index contributed by atoms with van der Waals surface area (Å²) in [5, 5.41) is 0.632. The Morgan fingerprint density at radius 1 is 1.35 bits per heavy atom. The molecule has 0 bridgehead atoms. The average molecular weight is 335 g/mol. The minimum absolute atomic E-state index is 0.607. The first-order chi connectivity index (χ1) is 8.22. The van der Waals surface area contributed by atoms with Crippen LogP contribution in [0.5, 0.6) is 0 Å². The molecule has 1 aromatic heterocycles. The lowest BCUT2D eigenvalue weighted by Gasteiger charge is -2.01. The molecule has 1 aromatic carbocycles. The van der Waals surface area contributed by atoms with Gasteiger partial charge >= 0.3 is 0 Å². The van der Waals surface area contributed by atoms with Crippen LogP contribution in [0.1, 0.15) is 12.3 Å². The van der Waals surface area contributed by atoms with Gasteiger partial charge in [-0.15, -0.1) is 11.6 Å². The Balaban J connectivity index is 2.27. The third-order valence-electron chi connectivity index (χ3n) is 2.29. The molecule has 0 atom stereocenters. The molecule has 0 saturated heterocycles. The van der Waals surface area contributed by atoms with E-state index in [1.807, 2.05) is 18.2 Å². The first kappa shape index (κ1) is 12.9. The Kier molecular flexibility index (Phi) is 4.48. The summed E-state index contributed by atoms with van der Waals surface area (Å²) < 4.78 is 6.48. The van der Waals surface area contributed by atoms with E-state index < -0.39 is 0 Å². The second kappa shape index (κ2) is 5.89. The van der Waals surface area contributed by atoms with Crippen LogP contribution in [0, 0.1) is 0 Å². The first-order valence-corrected chi connectivity index (χ1v) is 6.88. The van der Waals surface area contributed by atoms with Crippen molar-refractivity contribution in [2.45, 2.75) is 12.8 Å². The smallest absolute Gasteiger partial charge is 0.194 e. The number of aryl methyl sites for hydroxylation is 1. The van der Waals surface area contributed by atoms with Crippen molar-refractivity contribution in [2.75, 3.05) is 5.88 Å². The fourth-order valence-electron chi connectivity index (χ4n) is 1.46. The van der Waals surface area contributed by atoms with E-state index in [1.54, 1.807) is 6.20 Å². The number of alkyl halides is 1. The van der Waals surface area contributed by atoms with E-state index in [9.17, 15) is 0 Å². The number of benzene rings is 1. The van der Waals surface area contributed by atoms with E-state index in [2.05, 4.69) is 20.9 Å². The van der Waals surface area contributed by atoms with Gasteiger partial charge in [-0.25, -0.2) is 4.98 Å². The number of rotatable bonds is 4. The first-order valence-electron chi connectivity index (χ1n) is 5.17. The lowest BCUT2D eigenvalue weighted by atomic mass is 10.2. The summed E-state index contributed by atoms with van der Waals surface area (Å²) in [6.45, 7) is 0. The van der Waals surface area contributed by atoms with Crippen LogP contribution in [0.3, 0.4) is 0 Å². The summed E-state index contributed by atoms with van der Waals surface area (Å²) in [4.78, 5) is 4.20. The third kappa shape index (κ3) is 3.03. The number of hydrogen-bond acceptors (Lipinski definition) is 2. The SMILES string of the molecule is ClCCCc1ncc(-c2cccc(Br)c2Cl)o1. The molecular formula is C12H10BrCl2NO. The quantitative estimate of drug-likeness (QED) is 0.741. The molecule has 0 radical (unpaired) electrons. The summed E-state index contributed by atoms with van der Waals surface area (Å²) in [5.41, 5.74) is 0.839. The van der Waals surface area contributed by atoms with Crippen molar-refractivity contribution in [3.05, 3.63) is 39.8 Å². The van der Waals surface area contributed by atoms with E-state index in [1.165, 1.54) is 0 Å². The molecule has 0 spiro atoms. The van der Waals surface area contributed by atoms with Crippen LogP contribution >= 0.6 is 39.1 Å². The predicted molar refractivity (Wildman–Crippen MR) is 73.7 cm³/mol. The van der Waals surface area contributed by atoms with Crippen molar-refractivity contribution >= 4 is 39.1 Å². The van der Waals surface area contributed by atoms with Crippen LogP contribution in [-0.4, -0.2) is 10.9 Å². The van der Waals surface area contributed by atoms with Gasteiger partial charge in [0.25, 0.3) is 0 Å². The van der Waals surface area contributed by atoms with Crippen LogP contribution in [0.25, 0.3) is 11.3 Å². The van der Waals surface area contributed by atoms with E-state index in [-0.39, 0.29) is 0 Å². The van der Waals surface area contributed by atoms with E-state index in [4.69, 9.17) is 27.6 Å². The molecule has 0 aliphatic carbocycles. The molecule has 1 heterocycles. The van der Waals surface area contributed by atoms with Gasteiger partial charge in [-0.3, -0.25) is 0 Å². The van der Waals surface area contributed by atoms with Gasteiger partial charge in [0.2, 0.25) is 0 Å². The summed E-state index contributed by atoms with van der Waals surface area (Å²) >= 11 is 15.2. The van der Waals surface area contributed by atoms with Crippen LogP contribution in [0.4, 0.5) is 0 Å². The van der Waals surface area contributed by atoms with Crippen LogP contribution in [-0.2, 0) is 6.42 Å². The molecule has 90 valence electrons. The Labute approximate surface area is 118 Å². The maximum atomic E-state index is 6.19. The molecule has 0 saturated carbocycles. The average Bonchev–Trinajstić information content (AvgIpc) is 2.78. The second-order valence-corrected chi connectivity index (χ2v) is 5.12. The van der Waals surface area contributed by atoms with E-state index in [0.29, 0.717) is 22.6 Å². The highest BCUT2D eigenvalue weighted by molar-refractivity contribution is 9.10. The number of aromatic nitrogens is 1. The van der Waals surface area contributed by atoms with Crippen molar-refractivity contribution in [3.63, 3.8) is 0 Å². The number of halogens is 3. The van der Waals surface area contributed by atoms with Crippen LogP contribution in [0.2, 0.25) is 5.02 Å². The third-order valence-corrected chi connectivity index (χ3v) is 3.86. The lowest BCUT2D eigenvalue weighted by molar-refractivity contribution is 0.503. The van der Waals surface area contributed by atoms with Gasteiger partial charge in [-0.2, -0.15) is 0 Å². The summed E-state index contributed by atoms with van der Waals surface area (Å²) in [7, 11) is 0. The lowest BCUT2D eigenvalue weighted by Crippen LogP contribution is -1.84. The minimum atomic E-state index is 0.607. The highest BCUT2D eigenvalue weighted by Gasteiger charge is 2.11. The topological polar surface area (TPSA) is 26.0 Å². The molecule has 2 nitrogen and oxygen atoms in total. The maximum absolute atomic E-state index is 6.19. The van der Waals surface area contributed by atoms with Gasteiger partial charge in [-0.05, 0) is 34.5 Å². The Bertz CT molecular complexity index is 513. The second-order valence-electron chi connectivity index (χ2n) is 3.51. The molecule has 0 aliphatic heterocycles. The van der Waals surface area contributed by atoms with Gasteiger partial charge in [0.1, 0.15) is 0 Å². The monoisotopic (exact) mass is 333 g/mol. The van der Waals surface area contributed by atoms with Gasteiger partial charge < -0.3 is 4.42 Å². The molecule has 2 aromatic rings. The molecule has 2 rings (SSSR count). The van der Waals surface area contributed by atoms with Crippen molar-refractivity contribution in [1.82, 2.24) is 4.98 Å². The molecular weight excluding hydrogens is 325 g/mol. The molecule has 17 heavy (non-hydrogen) atoms. The van der Waals surface area contributed by atoms with Crippen LogP contribution in [0.15, 0.2) is 33.3 Å². The van der Waals surface area contributed by atoms with Crippen molar-refractivity contribution < 1.29 is 4.42 Å². The van der Waals surface area contributed by atoms with Gasteiger partial charge in [0.15, 0.2) is 11.7 Å². The summed E-state index contributed by atoms with van der Waals surface area (Å²) in [6.07, 6.45) is 3.29. The molecule has 0 N–H and O–H groups in total. The molecule has 0 aliphatic rings. The highest BCUT2D eigenvalue weighted by atomic mass is 79.9. The summed E-state index contributed by atoms with van der Waals surface area (Å²) in [5.74, 6) is 1.98. The zero-order valence-electron chi connectivity index (χ0n) is 8.92. The maximum Gasteiger partial charge on any atom is 0.194 e. The molecule has 0 amide bonds. The highest BCUT2D eigenvalue weighted by Crippen LogP contribution is 2.33. The van der Waals surface area contributed by atoms with Crippen molar-refractivity contribution in [1.29, 1.82) is 0 Å². The largest absolute Gasteiger partial charge is 0.441 e. The molecule has 5 heteroatoms. The molecule has 0 fully saturated rings. The van der Waals surface area contributed by atoms with Crippen molar-refractivity contribution in [3.8, 4) is 11.3 Å². The predicted octanol–water partition coefficient (Wildman–Crippen LogP) is 4.93. The Morgan fingerprint density at radius 2 is 2.18 bits per heavy atom. The summed E-state index contributed by atoms with van der Waals surface area (Å²) in [6, 6.07) is 5.70. The normalized spacial score (nSPS) is 10.8. The fourth-order valence-corrected chi connectivity index (χ4v) is 2.18. The number of oxazole rings is 1. The van der Waals surface area contributed by atoms with Gasteiger partial charge in [0.05, 0.1) is 11.2 Å². The van der Waals surface area contributed by atoms with Gasteiger partial charge in [0, 0.05) is 22.3 Å². The van der Waals surface area contributed by atoms with Crippen LogP contribution < -0.4 is 0 Å². The van der Waals surface area contributed by atoms with Gasteiger partial charge in [-0.1, -0.05) is 17.7 Å². The standard InChI is InChI=1S/C12H10BrCl2NO/c13-9-4-1-3-8(12(9)15)10-7-16-11(17-10)5-2-6-14/h1,3-4,7H,2,5-6H2. The number of hydrogen-bond donors (Lipinski definition) is 0. The van der Waals surface area contributed by atoms with Crippen molar-refractivity contribution in [2.24, 2.45) is 0 Å². The zero-order chi connectivity index (χ0) is 12.3. The zero-order valence-corrected chi connectivity index (χ0v) is 12.0. The van der Waals surface area contributed by atoms with E-state index in [0.717, 1.165) is 22.9 Å².